The van der Waals surface area contributed by atoms with Crippen LogP contribution in [0.2, 0.25) is 0 Å². The quantitative estimate of drug-likeness (QED) is 0.900. The van der Waals surface area contributed by atoms with Crippen molar-refractivity contribution in [3.05, 3.63) is 33.7 Å². The molecule has 0 unspecified atom stereocenters. The summed E-state index contributed by atoms with van der Waals surface area (Å²) in [6.45, 7) is 6.91. The van der Waals surface area contributed by atoms with Crippen LogP contribution in [0.15, 0.2) is 11.4 Å². The molecule has 2 heterocycles. The molecule has 0 saturated carbocycles. The van der Waals surface area contributed by atoms with Gasteiger partial charge in [-0.3, -0.25) is 0 Å². The van der Waals surface area contributed by atoms with Crippen molar-refractivity contribution in [1.29, 1.82) is 0 Å². The fraction of sp³-hybridized carbons (Fsp3) is 0.462. The maximum Gasteiger partial charge on any atom is 0.129 e. The van der Waals surface area contributed by atoms with Gasteiger partial charge in [0.25, 0.3) is 0 Å². The first-order valence-electron chi connectivity index (χ1n) is 6.17. The molecule has 4 nitrogen and oxygen atoms in total. The van der Waals surface area contributed by atoms with Gasteiger partial charge in [0.15, 0.2) is 0 Å². The number of nitrogens with one attached hydrogen (secondary N) is 1. The van der Waals surface area contributed by atoms with Crippen LogP contribution in [0.4, 0.5) is 5.82 Å². The monoisotopic (exact) mass is 262 g/mol. The highest BCUT2D eigenvalue weighted by molar-refractivity contribution is 7.09. The van der Waals surface area contributed by atoms with Crippen LogP contribution < -0.4 is 5.32 Å². The Morgan fingerprint density at radius 2 is 2.00 bits per heavy atom. The predicted octanol–water partition coefficient (Wildman–Crippen LogP) is 2.77. The third kappa shape index (κ3) is 3.50. The molecule has 18 heavy (non-hydrogen) atoms. The summed E-state index contributed by atoms with van der Waals surface area (Å²) >= 11 is 1.69. The molecule has 1 N–H and O–H groups in total. The Morgan fingerprint density at radius 3 is 2.67 bits per heavy atom. The van der Waals surface area contributed by atoms with Gasteiger partial charge < -0.3 is 5.32 Å². The van der Waals surface area contributed by atoms with Gasteiger partial charge in [-0.05, 0) is 20.3 Å². The van der Waals surface area contributed by atoms with Gasteiger partial charge in [0, 0.05) is 30.1 Å². The molecule has 0 aliphatic heterocycles. The van der Waals surface area contributed by atoms with E-state index < -0.39 is 0 Å². The molecule has 0 amide bonds. The number of hydrogen-bond acceptors (Lipinski definition) is 5. The number of hydrogen-bond donors (Lipinski definition) is 1. The van der Waals surface area contributed by atoms with E-state index in [9.17, 15) is 0 Å². The smallest absolute Gasteiger partial charge is 0.129 e. The van der Waals surface area contributed by atoms with Gasteiger partial charge in [-0.2, -0.15) is 0 Å². The molecule has 2 rings (SSSR count). The average Bonchev–Trinajstić information content (AvgIpc) is 2.74. The highest BCUT2D eigenvalue weighted by Crippen LogP contribution is 2.10. The van der Waals surface area contributed by atoms with E-state index in [1.54, 1.807) is 11.3 Å². The maximum absolute atomic E-state index is 4.44. The molecule has 0 atom stereocenters. The van der Waals surface area contributed by atoms with E-state index in [1.807, 2.05) is 19.9 Å². The second-order valence-electron chi connectivity index (χ2n) is 4.18. The van der Waals surface area contributed by atoms with Gasteiger partial charge in [0.2, 0.25) is 0 Å². The lowest BCUT2D eigenvalue weighted by atomic mass is 10.3. The largest absolute Gasteiger partial charge is 0.370 e. The van der Waals surface area contributed by atoms with Gasteiger partial charge >= 0.3 is 0 Å². The van der Waals surface area contributed by atoms with Gasteiger partial charge in [0.1, 0.15) is 11.6 Å². The summed E-state index contributed by atoms with van der Waals surface area (Å²) in [4.78, 5) is 13.2. The van der Waals surface area contributed by atoms with Crippen molar-refractivity contribution in [2.45, 2.75) is 33.6 Å². The van der Waals surface area contributed by atoms with Crippen molar-refractivity contribution in [3.63, 3.8) is 0 Å². The molecule has 0 aromatic carbocycles. The number of thiazole rings is 1. The molecular formula is C13H18N4S. The van der Waals surface area contributed by atoms with Crippen LogP contribution in [0.25, 0.3) is 0 Å². The highest BCUT2D eigenvalue weighted by atomic mass is 32.1. The number of anilines is 1. The molecule has 0 radical (unpaired) electrons. The third-order valence-corrected chi connectivity index (χ3v) is 3.43. The van der Waals surface area contributed by atoms with Crippen LogP contribution >= 0.6 is 11.3 Å². The Hall–Kier alpha value is -1.49. The molecule has 0 bridgehead atoms. The molecule has 0 aliphatic carbocycles. The Balaban J connectivity index is 1.91. The van der Waals surface area contributed by atoms with Crippen LogP contribution in [-0.4, -0.2) is 21.5 Å². The Bertz CT molecular complexity index is 521. The fourth-order valence-electron chi connectivity index (χ4n) is 1.74. The summed E-state index contributed by atoms with van der Waals surface area (Å²) < 4.78 is 0. The number of rotatable bonds is 5. The van der Waals surface area contributed by atoms with E-state index in [0.717, 1.165) is 47.4 Å². The zero-order chi connectivity index (χ0) is 13.0. The van der Waals surface area contributed by atoms with Crippen LogP contribution in [0.5, 0.6) is 0 Å². The summed E-state index contributed by atoms with van der Waals surface area (Å²) in [6.07, 6.45) is 1.86. The fourth-order valence-corrected chi connectivity index (χ4v) is 2.39. The van der Waals surface area contributed by atoms with Gasteiger partial charge in [-0.15, -0.1) is 11.3 Å². The first kappa shape index (κ1) is 13.0. The molecule has 0 saturated heterocycles. The van der Waals surface area contributed by atoms with Crippen molar-refractivity contribution < 1.29 is 0 Å². The zero-order valence-corrected chi connectivity index (χ0v) is 11.8. The summed E-state index contributed by atoms with van der Waals surface area (Å²) in [6, 6.07) is 2.01. The number of nitrogens with zero attached hydrogens (tertiary/aromatic N) is 3. The number of aryl methyl sites for hydroxylation is 3. The van der Waals surface area contributed by atoms with Crippen molar-refractivity contribution in [2.24, 2.45) is 0 Å². The molecule has 5 heteroatoms. The van der Waals surface area contributed by atoms with Crippen LogP contribution in [0.3, 0.4) is 0 Å². The SMILES string of the molecule is CCc1cc(NCCc2csc(C)n2)nc(C)n1. The minimum atomic E-state index is 0.821. The van der Waals surface area contributed by atoms with E-state index in [1.165, 1.54) is 0 Å². The van der Waals surface area contributed by atoms with Crippen LogP contribution in [0, 0.1) is 13.8 Å². The molecule has 0 fully saturated rings. The van der Waals surface area contributed by atoms with Crippen molar-refractivity contribution in [3.8, 4) is 0 Å². The van der Waals surface area contributed by atoms with Gasteiger partial charge in [-0.25, -0.2) is 15.0 Å². The highest BCUT2D eigenvalue weighted by Gasteiger charge is 2.01. The molecule has 2 aromatic heterocycles. The first-order chi connectivity index (χ1) is 8.67. The Morgan fingerprint density at radius 1 is 1.17 bits per heavy atom. The lowest BCUT2D eigenvalue weighted by Gasteiger charge is -2.06. The maximum atomic E-state index is 4.44. The zero-order valence-electron chi connectivity index (χ0n) is 11.0. The van der Waals surface area contributed by atoms with E-state index >= 15 is 0 Å². The van der Waals surface area contributed by atoms with E-state index in [0.29, 0.717) is 0 Å². The third-order valence-electron chi connectivity index (χ3n) is 2.61. The average molecular weight is 262 g/mol. The van der Waals surface area contributed by atoms with Gasteiger partial charge in [0.05, 0.1) is 10.7 Å². The van der Waals surface area contributed by atoms with E-state index in [-0.39, 0.29) is 0 Å². The predicted molar refractivity (Wildman–Crippen MR) is 75.2 cm³/mol. The molecule has 0 spiro atoms. The molecule has 96 valence electrons. The standard InChI is InChI=1S/C13H18N4S/c1-4-11-7-13(16-9(2)15-11)14-6-5-12-8-18-10(3)17-12/h7-8H,4-6H2,1-3H3,(H,14,15,16). The normalized spacial score (nSPS) is 10.6. The van der Waals surface area contributed by atoms with Crippen molar-refractivity contribution >= 4 is 17.2 Å². The minimum Gasteiger partial charge on any atom is -0.370 e. The van der Waals surface area contributed by atoms with E-state index in [2.05, 4.69) is 32.6 Å². The molecule has 0 aliphatic rings. The Labute approximate surface area is 112 Å². The summed E-state index contributed by atoms with van der Waals surface area (Å²) in [5.74, 6) is 1.73. The molecule has 2 aromatic rings. The number of aromatic nitrogens is 3. The second kappa shape index (κ2) is 5.91. The summed E-state index contributed by atoms with van der Waals surface area (Å²) in [5, 5.41) is 6.56. The minimum absolute atomic E-state index is 0.821. The Kier molecular flexibility index (Phi) is 4.25. The summed E-state index contributed by atoms with van der Waals surface area (Å²) in [7, 11) is 0. The first-order valence-corrected chi connectivity index (χ1v) is 7.04. The second-order valence-corrected chi connectivity index (χ2v) is 5.24. The van der Waals surface area contributed by atoms with E-state index in [4.69, 9.17) is 0 Å². The van der Waals surface area contributed by atoms with Crippen molar-refractivity contribution in [1.82, 2.24) is 15.0 Å². The van der Waals surface area contributed by atoms with Crippen LogP contribution in [0.1, 0.15) is 29.1 Å². The summed E-state index contributed by atoms with van der Waals surface area (Å²) in [5.41, 5.74) is 2.22. The lowest BCUT2D eigenvalue weighted by Crippen LogP contribution is -2.08. The lowest BCUT2D eigenvalue weighted by molar-refractivity contribution is 0.922. The van der Waals surface area contributed by atoms with Crippen molar-refractivity contribution in [2.75, 3.05) is 11.9 Å². The van der Waals surface area contributed by atoms with Crippen LogP contribution in [-0.2, 0) is 12.8 Å². The topological polar surface area (TPSA) is 50.7 Å². The van der Waals surface area contributed by atoms with Gasteiger partial charge in [-0.1, -0.05) is 6.92 Å². The molecular weight excluding hydrogens is 244 g/mol.